The van der Waals surface area contributed by atoms with E-state index in [2.05, 4.69) is 44.4 Å². The van der Waals surface area contributed by atoms with Crippen LogP contribution in [0.3, 0.4) is 0 Å². The van der Waals surface area contributed by atoms with Gasteiger partial charge in [0, 0.05) is 0 Å². The third-order valence-electron chi connectivity index (χ3n) is 3.60. The first-order valence-corrected chi connectivity index (χ1v) is 15.7. The van der Waals surface area contributed by atoms with Gasteiger partial charge in [-0.1, -0.05) is 50.9 Å². The molecule has 4 heteroatoms. The molecule has 0 spiro atoms. The Balaban J connectivity index is 2.54. The Morgan fingerprint density at radius 3 is 1.64 bits per heavy atom. The Bertz CT molecular complexity index is 165. The topological polar surface area (TPSA) is 0 Å². The number of rotatable bonds is 4. The summed E-state index contributed by atoms with van der Waals surface area (Å²) in [7, 11) is -0.797. The second kappa shape index (κ2) is 5.64. The maximum absolute atomic E-state index is 3.92. The van der Waals surface area contributed by atoms with Crippen LogP contribution in [0.4, 0.5) is 0 Å². The molecular weight excluding hydrogens is 336 g/mol. The highest BCUT2D eigenvalue weighted by atomic mass is 79.9. The van der Waals surface area contributed by atoms with Crippen LogP contribution in [-0.2, 0) is 0 Å². The van der Waals surface area contributed by atoms with Crippen molar-refractivity contribution in [2.24, 2.45) is 0 Å². The molecular formula is C10H22Br2Si2. The smallest absolute Gasteiger partial charge is 0.111 e. The summed E-state index contributed by atoms with van der Waals surface area (Å²) < 4.78 is 0. The van der Waals surface area contributed by atoms with Gasteiger partial charge in [-0.15, -0.1) is 30.6 Å². The predicted molar refractivity (Wildman–Crippen MR) is 78.8 cm³/mol. The molecule has 0 aromatic carbocycles. The van der Waals surface area contributed by atoms with E-state index < -0.39 is 13.4 Å². The van der Waals surface area contributed by atoms with Gasteiger partial charge in [0.25, 0.3) is 0 Å². The van der Waals surface area contributed by atoms with E-state index in [0.717, 1.165) is 0 Å². The summed E-state index contributed by atoms with van der Waals surface area (Å²) in [6.07, 6.45) is 2.84. The zero-order valence-electron chi connectivity index (χ0n) is 9.41. The van der Waals surface area contributed by atoms with Crippen LogP contribution in [0, 0.1) is 0 Å². The van der Waals surface area contributed by atoms with Crippen molar-refractivity contribution in [3.63, 3.8) is 0 Å². The van der Waals surface area contributed by atoms with Crippen LogP contribution in [0.5, 0.6) is 0 Å². The van der Waals surface area contributed by atoms with Crippen molar-refractivity contribution in [2.75, 3.05) is 0 Å². The highest BCUT2D eigenvalue weighted by Crippen LogP contribution is 2.46. The summed E-state index contributed by atoms with van der Waals surface area (Å²) in [6.45, 7) is 4.73. The molecule has 14 heavy (non-hydrogen) atoms. The first-order valence-electron chi connectivity index (χ1n) is 5.91. The van der Waals surface area contributed by atoms with Gasteiger partial charge in [0.15, 0.2) is 0 Å². The minimum absolute atomic E-state index is 0.797. The van der Waals surface area contributed by atoms with Crippen LogP contribution in [0.1, 0.15) is 26.7 Å². The van der Waals surface area contributed by atoms with E-state index in [1.165, 1.54) is 24.9 Å². The largest absolute Gasteiger partial charge is 0.200 e. The van der Waals surface area contributed by atoms with E-state index in [1.807, 2.05) is 0 Å². The molecule has 0 saturated carbocycles. The van der Waals surface area contributed by atoms with Gasteiger partial charge in [0.2, 0.25) is 5.31 Å². The Kier molecular flexibility index (Phi) is 5.42. The number of hydrogen-bond donors (Lipinski definition) is 0. The Morgan fingerprint density at radius 1 is 0.857 bits per heavy atom. The molecule has 0 radical (unpaired) electrons. The third kappa shape index (κ3) is 3.76. The molecule has 1 heterocycles. The third-order valence-corrected chi connectivity index (χ3v) is 17.1. The molecule has 0 bridgehead atoms. The zero-order chi connectivity index (χ0) is 10.7. The van der Waals surface area contributed by atoms with Gasteiger partial charge in [-0.05, 0) is 12.1 Å². The standard InChI is InChI=1S/C10H22Br2Si2/c1-3-5-13(6-4-2)7-9-14(11,12)10-8-13/h3-10H2,1-2H3. The lowest BCUT2D eigenvalue weighted by Gasteiger charge is -2.39. The maximum Gasteiger partial charge on any atom is 0.200 e. The summed E-state index contributed by atoms with van der Waals surface area (Å²) in [4.78, 5) is 0. The molecule has 0 N–H and O–H groups in total. The highest BCUT2D eigenvalue weighted by Gasteiger charge is 2.41. The zero-order valence-corrected chi connectivity index (χ0v) is 14.6. The number of hydrogen-bond acceptors (Lipinski definition) is 0. The Hall–Kier alpha value is 1.39. The average Bonchev–Trinajstić information content (AvgIpc) is 2.12. The average molecular weight is 358 g/mol. The van der Waals surface area contributed by atoms with Gasteiger partial charge in [-0.25, -0.2) is 0 Å². The molecule has 0 aliphatic carbocycles. The first kappa shape index (κ1) is 13.5. The van der Waals surface area contributed by atoms with Gasteiger partial charge in [-0.2, -0.15) is 0 Å². The monoisotopic (exact) mass is 356 g/mol. The Morgan fingerprint density at radius 2 is 1.29 bits per heavy atom. The molecule has 0 unspecified atom stereocenters. The molecule has 0 nitrogen and oxygen atoms in total. The Labute approximate surface area is 106 Å². The van der Waals surface area contributed by atoms with Crippen molar-refractivity contribution in [3.05, 3.63) is 0 Å². The lowest BCUT2D eigenvalue weighted by molar-refractivity contribution is 0.929. The van der Waals surface area contributed by atoms with Crippen LogP contribution in [-0.4, -0.2) is 13.4 Å². The van der Waals surface area contributed by atoms with Crippen LogP contribution in [0.25, 0.3) is 0 Å². The lowest BCUT2D eigenvalue weighted by Crippen LogP contribution is -2.41. The van der Waals surface area contributed by atoms with Gasteiger partial charge >= 0.3 is 0 Å². The van der Waals surface area contributed by atoms with E-state index in [0.29, 0.717) is 0 Å². The lowest BCUT2D eigenvalue weighted by atomic mass is 10.6. The number of halogens is 2. The molecule has 1 aliphatic rings. The van der Waals surface area contributed by atoms with Crippen molar-refractivity contribution >= 4 is 44.0 Å². The predicted octanol–water partition coefficient (Wildman–Crippen LogP) is 5.50. The summed E-state index contributed by atoms with van der Waals surface area (Å²) >= 11 is 7.85. The van der Waals surface area contributed by atoms with Crippen LogP contribution < -0.4 is 0 Å². The van der Waals surface area contributed by atoms with Gasteiger partial charge in [0.05, 0.1) is 8.07 Å². The molecule has 1 saturated heterocycles. The molecule has 0 amide bonds. The normalized spacial score (nSPS) is 24.9. The van der Waals surface area contributed by atoms with Gasteiger partial charge < -0.3 is 0 Å². The van der Waals surface area contributed by atoms with E-state index in [9.17, 15) is 0 Å². The van der Waals surface area contributed by atoms with E-state index in [4.69, 9.17) is 0 Å². The summed E-state index contributed by atoms with van der Waals surface area (Å²) in [5, 5.41) is -1.08. The van der Waals surface area contributed by atoms with Crippen LogP contribution in [0.15, 0.2) is 0 Å². The maximum atomic E-state index is 3.92. The van der Waals surface area contributed by atoms with Crippen molar-refractivity contribution < 1.29 is 0 Å². The van der Waals surface area contributed by atoms with Crippen molar-refractivity contribution in [1.29, 1.82) is 0 Å². The molecule has 1 aliphatic heterocycles. The quantitative estimate of drug-likeness (QED) is 0.460. The fourth-order valence-corrected chi connectivity index (χ4v) is 21.0. The van der Waals surface area contributed by atoms with Crippen molar-refractivity contribution in [1.82, 2.24) is 0 Å². The van der Waals surface area contributed by atoms with Crippen molar-refractivity contribution in [3.8, 4) is 0 Å². The van der Waals surface area contributed by atoms with Crippen LogP contribution >= 0.6 is 30.6 Å². The summed E-state index contributed by atoms with van der Waals surface area (Å²) in [5.74, 6) is 0. The SMILES string of the molecule is CCC[Si]1(CCC)CC[Si](Br)(Br)CC1. The first-order chi connectivity index (χ1) is 6.54. The molecule has 0 aromatic rings. The highest BCUT2D eigenvalue weighted by molar-refractivity contribution is 9.51. The second-order valence-electron chi connectivity index (χ2n) is 4.86. The van der Waals surface area contributed by atoms with Crippen molar-refractivity contribution in [2.45, 2.75) is 63.0 Å². The molecule has 84 valence electrons. The second-order valence-corrected chi connectivity index (χ2v) is 24.9. The molecule has 0 aromatic heterocycles. The minimum Gasteiger partial charge on any atom is -0.111 e. The summed E-state index contributed by atoms with van der Waals surface area (Å²) in [5.41, 5.74) is 0. The van der Waals surface area contributed by atoms with E-state index >= 15 is 0 Å². The van der Waals surface area contributed by atoms with E-state index in [-0.39, 0.29) is 0 Å². The van der Waals surface area contributed by atoms with Gasteiger partial charge in [0.1, 0.15) is 0 Å². The summed E-state index contributed by atoms with van der Waals surface area (Å²) in [6, 6.07) is 9.34. The van der Waals surface area contributed by atoms with Crippen LogP contribution in [0.2, 0.25) is 36.3 Å². The van der Waals surface area contributed by atoms with Gasteiger partial charge in [-0.3, -0.25) is 0 Å². The fraction of sp³-hybridized carbons (Fsp3) is 1.00. The molecule has 1 fully saturated rings. The van der Waals surface area contributed by atoms with E-state index in [1.54, 1.807) is 24.2 Å². The molecule has 1 rings (SSSR count). The fourth-order valence-electron chi connectivity index (χ4n) is 2.83. The molecule has 0 atom stereocenters. The minimum atomic E-state index is -1.08.